The number of hydrazine groups is 1. The van der Waals surface area contributed by atoms with Crippen molar-refractivity contribution in [1.29, 1.82) is 0 Å². The largest absolute Gasteiger partial charge is 0.451 e. The van der Waals surface area contributed by atoms with Crippen LogP contribution in [-0.4, -0.2) is 24.1 Å². The Balaban J connectivity index is 1.81. The maximum Gasteiger partial charge on any atom is 0.433 e. The van der Waals surface area contributed by atoms with Crippen molar-refractivity contribution in [2.24, 2.45) is 0 Å². The second kappa shape index (κ2) is 8.73. The first-order chi connectivity index (χ1) is 15.5. The van der Waals surface area contributed by atoms with E-state index in [4.69, 9.17) is 10.5 Å². The number of hydrogen-bond donors (Lipinski definition) is 2. The number of nitrogens with zero attached hydrogens (tertiary/aromatic N) is 2. The van der Waals surface area contributed by atoms with Crippen molar-refractivity contribution in [1.82, 2.24) is 10.4 Å². The van der Waals surface area contributed by atoms with Crippen molar-refractivity contribution in [3.63, 3.8) is 0 Å². The molecule has 0 aliphatic carbocycles. The van der Waals surface area contributed by atoms with Crippen LogP contribution in [0.15, 0.2) is 78.9 Å². The minimum Gasteiger partial charge on any atom is -0.451 e. The minimum atomic E-state index is -0.773. The van der Waals surface area contributed by atoms with Crippen LogP contribution in [0, 0.1) is 5.82 Å². The summed E-state index contributed by atoms with van der Waals surface area (Å²) in [4.78, 5) is 30.1. The van der Waals surface area contributed by atoms with Crippen LogP contribution in [0.25, 0.3) is 22.2 Å². The first-order valence-corrected chi connectivity index (χ1v) is 9.68. The second-order valence-corrected chi connectivity index (χ2v) is 6.86. The molecule has 0 spiro atoms. The lowest BCUT2D eigenvalue weighted by Gasteiger charge is -2.22. The Bertz CT molecular complexity index is 1310. The monoisotopic (exact) mass is 430 g/mol. The summed E-state index contributed by atoms with van der Waals surface area (Å²) >= 11 is 0. The Labute approximate surface area is 183 Å². The average Bonchev–Trinajstić information content (AvgIpc) is 2.83. The standard InChI is InChI=1S/C24H19FN4O3/c1-32-24(31)29(15-8-3-2-4-9-15)28-23(30)18-14-21(17-11-7-12-19(26)22(17)25)27-20-13-6-5-10-16(18)20/h2-14H,26H2,1H3,(H,28,30). The molecule has 0 aliphatic heterocycles. The van der Waals surface area contributed by atoms with E-state index in [0.29, 0.717) is 16.6 Å². The molecule has 0 aliphatic rings. The third-order valence-electron chi connectivity index (χ3n) is 4.85. The molecule has 1 heterocycles. The van der Waals surface area contributed by atoms with E-state index >= 15 is 0 Å². The number of para-hydroxylation sites is 2. The van der Waals surface area contributed by atoms with Crippen LogP contribution in [0.4, 0.5) is 20.6 Å². The third-order valence-corrected chi connectivity index (χ3v) is 4.85. The first-order valence-electron chi connectivity index (χ1n) is 9.68. The average molecular weight is 430 g/mol. The van der Waals surface area contributed by atoms with E-state index in [1.54, 1.807) is 60.7 Å². The number of nitrogen functional groups attached to an aromatic ring is 1. The summed E-state index contributed by atoms with van der Waals surface area (Å²) < 4.78 is 19.5. The maximum atomic E-state index is 14.7. The highest BCUT2D eigenvalue weighted by molar-refractivity contribution is 6.09. The topological polar surface area (TPSA) is 97.5 Å². The predicted molar refractivity (Wildman–Crippen MR) is 120 cm³/mol. The molecule has 0 saturated carbocycles. The van der Waals surface area contributed by atoms with Crippen molar-refractivity contribution in [2.75, 3.05) is 17.9 Å². The minimum absolute atomic E-state index is 0.0237. The number of ether oxygens (including phenoxy) is 1. The molecular weight excluding hydrogens is 411 g/mol. The van der Waals surface area contributed by atoms with Gasteiger partial charge in [0.05, 0.1) is 35.3 Å². The molecule has 0 bridgehead atoms. The first kappa shape index (κ1) is 20.8. The number of aromatic nitrogens is 1. The highest BCUT2D eigenvalue weighted by Gasteiger charge is 2.22. The molecule has 0 radical (unpaired) electrons. The lowest BCUT2D eigenvalue weighted by atomic mass is 10.0. The van der Waals surface area contributed by atoms with Crippen molar-refractivity contribution < 1.29 is 18.7 Å². The summed E-state index contributed by atoms with van der Waals surface area (Å²) in [5, 5.41) is 1.54. The van der Waals surface area contributed by atoms with Gasteiger partial charge in [0, 0.05) is 10.9 Å². The van der Waals surface area contributed by atoms with Crippen molar-refractivity contribution in [2.45, 2.75) is 0 Å². The number of anilines is 2. The van der Waals surface area contributed by atoms with Gasteiger partial charge in [0.15, 0.2) is 5.82 Å². The molecule has 3 N–H and O–H groups in total. The Morgan fingerprint density at radius 3 is 2.47 bits per heavy atom. The van der Waals surface area contributed by atoms with Crippen LogP contribution in [-0.2, 0) is 4.74 Å². The molecule has 32 heavy (non-hydrogen) atoms. The van der Waals surface area contributed by atoms with Gasteiger partial charge < -0.3 is 10.5 Å². The third kappa shape index (κ3) is 3.93. The van der Waals surface area contributed by atoms with E-state index in [0.717, 1.165) is 5.01 Å². The number of fused-ring (bicyclic) bond motifs is 1. The molecule has 0 saturated heterocycles. The molecule has 8 heteroatoms. The number of halogens is 1. The number of amides is 2. The fraction of sp³-hybridized carbons (Fsp3) is 0.0417. The Hall–Kier alpha value is -4.46. The zero-order valence-corrected chi connectivity index (χ0v) is 17.1. The van der Waals surface area contributed by atoms with E-state index in [-0.39, 0.29) is 22.5 Å². The highest BCUT2D eigenvalue weighted by atomic mass is 19.1. The molecule has 4 rings (SSSR count). The summed E-state index contributed by atoms with van der Waals surface area (Å²) in [6.45, 7) is 0. The Kier molecular flexibility index (Phi) is 5.67. The van der Waals surface area contributed by atoms with Gasteiger partial charge in [-0.15, -0.1) is 0 Å². The fourth-order valence-electron chi connectivity index (χ4n) is 3.29. The number of carbonyl (C=O) groups is 2. The second-order valence-electron chi connectivity index (χ2n) is 6.86. The number of rotatable bonds is 3. The quantitative estimate of drug-likeness (QED) is 0.367. The molecular formula is C24H19FN4O3. The van der Waals surface area contributed by atoms with Gasteiger partial charge >= 0.3 is 6.09 Å². The van der Waals surface area contributed by atoms with E-state index in [9.17, 15) is 14.0 Å². The number of carbonyl (C=O) groups excluding carboxylic acids is 2. The number of benzene rings is 3. The van der Waals surface area contributed by atoms with Crippen molar-refractivity contribution in [3.05, 3.63) is 90.2 Å². The lowest BCUT2D eigenvalue weighted by molar-refractivity contribution is 0.0942. The van der Waals surface area contributed by atoms with Crippen LogP contribution in [0.1, 0.15) is 10.4 Å². The van der Waals surface area contributed by atoms with E-state index in [1.807, 2.05) is 0 Å². The molecule has 1 aromatic heterocycles. The summed E-state index contributed by atoms with van der Waals surface area (Å²) in [5.74, 6) is -1.22. The van der Waals surface area contributed by atoms with Gasteiger partial charge in [-0.25, -0.2) is 14.2 Å². The SMILES string of the molecule is COC(=O)N(NC(=O)c1cc(-c2cccc(N)c2F)nc2ccccc12)c1ccccc1. The highest BCUT2D eigenvalue weighted by Crippen LogP contribution is 2.29. The summed E-state index contributed by atoms with van der Waals surface area (Å²) in [6.07, 6.45) is -0.773. The van der Waals surface area contributed by atoms with Crippen LogP contribution >= 0.6 is 0 Å². The maximum absolute atomic E-state index is 14.7. The van der Waals surface area contributed by atoms with Gasteiger partial charge in [0.1, 0.15) is 0 Å². The van der Waals surface area contributed by atoms with Gasteiger partial charge in [0.25, 0.3) is 5.91 Å². The Morgan fingerprint density at radius 1 is 1.00 bits per heavy atom. The number of pyridine rings is 1. The molecule has 4 aromatic rings. The summed E-state index contributed by atoms with van der Waals surface area (Å²) in [6, 6.07) is 21.6. The summed E-state index contributed by atoms with van der Waals surface area (Å²) in [5.41, 5.74) is 9.76. The number of nitrogens with two attached hydrogens (primary N) is 1. The molecule has 0 fully saturated rings. The smallest absolute Gasteiger partial charge is 0.433 e. The van der Waals surface area contributed by atoms with Crippen LogP contribution in [0.3, 0.4) is 0 Å². The van der Waals surface area contributed by atoms with Crippen LogP contribution < -0.4 is 16.2 Å². The van der Waals surface area contributed by atoms with Gasteiger partial charge in [-0.2, -0.15) is 5.01 Å². The van der Waals surface area contributed by atoms with Gasteiger partial charge in [-0.1, -0.05) is 42.5 Å². The summed E-state index contributed by atoms with van der Waals surface area (Å²) in [7, 11) is 1.22. The molecule has 0 atom stereocenters. The van der Waals surface area contributed by atoms with Crippen molar-refractivity contribution in [3.8, 4) is 11.3 Å². The number of methoxy groups -OCH3 is 1. The zero-order valence-electron chi connectivity index (χ0n) is 17.1. The van der Waals surface area contributed by atoms with Gasteiger partial charge in [-0.05, 0) is 36.4 Å². The van der Waals surface area contributed by atoms with Crippen molar-refractivity contribution >= 4 is 34.3 Å². The molecule has 160 valence electrons. The Morgan fingerprint density at radius 2 is 1.72 bits per heavy atom. The fourth-order valence-corrected chi connectivity index (χ4v) is 3.29. The molecule has 3 aromatic carbocycles. The van der Waals surface area contributed by atoms with Gasteiger partial charge in [0.2, 0.25) is 0 Å². The number of nitrogens with one attached hydrogen (secondary N) is 1. The van der Waals surface area contributed by atoms with Crippen LogP contribution in [0.2, 0.25) is 0 Å². The van der Waals surface area contributed by atoms with E-state index in [1.165, 1.54) is 25.3 Å². The predicted octanol–water partition coefficient (Wildman–Crippen LogP) is 4.54. The normalized spacial score (nSPS) is 10.6. The zero-order chi connectivity index (χ0) is 22.7. The number of hydrogen-bond acceptors (Lipinski definition) is 5. The molecule has 0 unspecified atom stereocenters. The molecule has 7 nitrogen and oxygen atoms in total. The van der Waals surface area contributed by atoms with Crippen LogP contribution in [0.5, 0.6) is 0 Å². The van der Waals surface area contributed by atoms with E-state index < -0.39 is 17.8 Å². The molecule has 2 amide bonds. The lowest BCUT2D eigenvalue weighted by Crippen LogP contribution is -2.46. The van der Waals surface area contributed by atoms with Gasteiger partial charge in [-0.3, -0.25) is 10.2 Å². The van der Waals surface area contributed by atoms with E-state index in [2.05, 4.69) is 10.4 Å².